The molecule has 0 amide bonds. The van der Waals surface area contributed by atoms with Crippen molar-refractivity contribution in [1.29, 1.82) is 0 Å². The number of benzene rings is 1. The Morgan fingerprint density at radius 1 is 0.900 bits per heavy atom. The standard InChI is InChI=1S/C16H14BrNO2/c17-13-5-3-12(4-6-13)16-8-7-15(20-16)11-18-10-14-2-1-9-19-14/h1-9,18H,10-11H2. The molecule has 3 aromatic rings. The number of hydrogen-bond donors (Lipinski definition) is 1. The zero-order valence-electron chi connectivity index (χ0n) is 10.8. The van der Waals surface area contributed by atoms with E-state index in [0.717, 1.165) is 27.3 Å². The molecule has 0 bridgehead atoms. The summed E-state index contributed by atoms with van der Waals surface area (Å²) in [6, 6.07) is 15.9. The van der Waals surface area contributed by atoms with Gasteiger partial charge in [-0.3, -0.25) is 0 Å². The van der Waals surface area contributed by atoms with Crippen molar-refractivity contribution >= 4 is 15.9 Å². The molecule has 0 atom stereocenters. The lowest BCUT2D eigenvalue weighted by atomic mass is 10.2. The largest absolute Gasteiger partial charge is 0.468 e. The molecule has 102 valence electrons. The molecule has 3 nitrogen and oxygen atoms in total. The van der Waals surface area contributed by atoms with Gasteiger partial charge >= 0.3 is 0 Å². The van der Waals surface area contributed by atoms with E-state index >= 15 is 0 Å². The Kier molecular flexibility index (Phi) is 4.04. The van der Waals surface area contributed by atoms with Gasteiger partial charge in [-0.2, -0.15) is 0 Å². The zero-order chi connectivity index (χ0) is 13.8. The van der Waals surface area contributed by atoms with Crippen LogP contribution in [0.15, 0.2) is 68.1 Å². The monoisotopic (exact) mass is 331 g/mol. The molecule has 1 N–H and O–H groups in total. The van der Waals surface area contributed by atoms with E-state index in [9.17, 15) is 0 Å². The highest BCUT2D eigenvalue weighted by atomic mass is 79.9. The van der Waals surface area contributed by atoms with Gasteiger partial charge in [0.15, 0.2) is 0 Å². The normalized spacial score (nSPS) is 10.8. The lowest BCUT2D eigenvalue weighted by Gasteiger charge is -2.00. The third kappa shape index (κ3) is 3.21. The molecule has 0 spiro atoms. The SMILES string of the molecule is Brc1ccc(-c2ccc(CNCc3ccco3)o2)cc1. The number of rotatable bonds is 5. The number of hydrogen-bond acceptors (Lipinski definition) is 3. The molecule has 1 aromatic carbocycles. The van der Waals surface area contributed by atoms with Gasteiger partial charge in [-0.25, -0.2) is 0 Å². The highest BCUT2D eigenvalue weighted by Gasteiger charge is 2.05. The minimum Gasteiger partial charge on any atom is -0.468 e. The van der Waals surface area contributed by atoms with Crippen LogP contribution in [0.1, 0.15) is 11.5 Å². The first kappa shape index (κ1) is 13.2. The van der Waals surface area contributed by atoms with Crippen molar-refractivity contribution in [3.8, 4) is 11.3 Å². The molecule has 0 saturated heterocycles. The Labute approximate surface area is 125 Å². The van der Waals surface area contributed by atoms with Gasteiger partial charge in [-0.1, -0.05) is 28.1 Å². The van der Waals surface area contributed by atoms with Crippen LogP contribution < -0.4 is 5.32 Å². The molecule has 2 aromatic heterocycles. The second kappa shape index (κ2) is 6.11. The van der Waals surface area contributed by atoms with E-state index in [-0.39, 0.29) is 0 Å². The van der Waals surface area contributed by atoms with Crippen LogP contribution in [0.3, 0.4) is 0 Å². The van der Waals surface area contributed by atoms with E-state index < -0.39 is 0 Å². The minimum absolute atomic E-state index is 0.678. The summed E-state index contributed by atoms with van der Waals surface area (Å²) in [6.45, 7) is 1.37. The molecule has 0 saturated carbocycles. The highest BCUT2D eigenvalue weighted by molar-refractivity contribution is 9.10. The summed E-state index contributed by atoms with van der Waals surface area (Å²) in [5.74, 6) is 2.71. The van der Waals surface area contributed by atoms with Gasteiger partial charge in [0.25, 0.3) is 0 Å². The summed E-state index contributed by atoms with van der Waals surface area (Å²) in [4.78, 5) is 0. The van der Waals surface area contributed by atoms with Crippen LogP contribution in [0.2, 0.25) is 0 Å². The summed E-state index contributed by atoms with van der Waals surface area (Å²) in [6.07, 6.45) is 1.68. The van der Waals surface area contributed by atoms with Gasteiger partial charge < -0.3 is 14.2 Å². The van der Waals surface area contributed by atoms with Crippen LogP contribution in [-0.2, 0) is 13.1 Å². The van der Waals surface area contributed by atoms with Gasteiger partial charge in [0, 0.05) is 10.0 Å². The molecule has 0 aliphatic carbocycles. The fraction of sp³-hybridized carbons (Fsp3) is 0.125. The average Bonchev–Trinajstić information content (AvgIpc) is 3.11. The van der Waals surface area contributed by atoms with Crippen molar-refractivity contribution < 1.29 is 8.83 Å². The molecule has 0 fully saturated rings. The summed E-state index contributed by atoms with van der Waals surface area (Å²) in [5.41, 5.74) is 1.07. The van der Waals surface area contributed by atoms with Crippen molar-refractivity contribution in [2.75, 3.05) is 0 Å². The fourth-order valence-corrected chi connectivity index (χ4v) is 2.23. The molecule has 2 heterocycles. The van der Waals surface area contributed by atoms with Crippen molar-refractivity contribution in [3.63, 3.8) is 0 Å². The van der Waals surface area contributed by atoms with Crippen molar-refractivity contribution in [3.05, 3.63) is 70.8 Å². The summed E-state index contributed by atoms with van der Waals surface area (Å²) in [5, 5.41) is 3.28. The predicted molar refractivity (Wildman–Crippen MR) is 81.1 cm³/mol. The van der Waals surface area contributed by atoms with E-state index in [0.29, 0.717) is 13.1 Å². The molecular formula is C16H14BrNO2. The Bertz CT molecular complexity index is 656. The zero-order valence-corrected chi connectivity index (χ0v) is 12.4. The summed E-state index contributed by atoms with van der Waals surface area (Å²) < 4.78 is 12.1. The number of nitrogens with one attached hydrogen (secondary N) is 1. The lowest BCUT2D eigenvalue weighted by Crippen LogP contribution is -2.11. The Morgan fingerprint density at radius 2 is 1.70 bits per heavy atom. The highest BCUT2D eigenvalue weighted by Crippen LogP contribution is 2.23. The van der Waals surface area contributed by atoms with Crippen molar-refractivity contribution in [1.82, 2.24) is 5.32 Å². The van der Waals surface area contributed by atoms with Crippen LogP contribution in [0.4, 0.5) is 0 Å². The van der Waals surface area contributed by atoms with Crippen LogP contribution >= 0.6 is 15.9 Å². The summed E-state index contributed by atoms with van der Waals surface area (Å²) in [7, 11) is 0. The first-order valence-corrected chi connectivity index (χ1v) is 7.18. The maximum absolute atomic E-state index is 5.82. The third-order valence-corrected chi connectivity index (χ3v) is 3.50. The summed E-state index contributed by atoms with van der Waals surface area (Å²) >= 11 is 3.43. The topological polar surface area (TPSA) is 38.3 Å². The number of furan rings is 2. The van der Waals surface area contributed by atoms with Crippen LogP contribution in [0.25, 0.3) is 11.3 Å². The molecule has 0 unspecified atom stereocenters. The van der Waals surface area contributed by atoms with E-state index in [1.807, 2.05) is 48.5 Å². The van der Waals surface area contributed by atoms with Crippen LogP contribution in [0, 0.1) is 0 Å². The maximum Gasteiger partial charge on any atom is 0.134 e. The van der Waals surface area contributed by atoms with Gasteiger partial charge in [0.2, 0.25) is 0 Å². The first-order chi connectivity index (χ1) is 9.81. The third-order valence-electron chi connectivity index (χ3n) is 2.97. The van der Waals surface area contributed by atoms with E-state index in [1.165, 1.54) is 0 Å². The van der Waals surface area contributed by atoms with Gasteiger partial charge in [0.1, 0.15) is 17.3 Å². The Hall–Kier alpha value is -1.78. The molecule has 3 rings (SSSR count). The van der Waals surface area contributed by atoms with Crippen LogP contribution in [-0.4, -0.2) is 0 Å². The molecule has 0 aliphatic rings. The first-order valence-electron chi connectivity index (χ1n) is 6.39. The van der Waals surface area contributed by atoms with Gasteiger partial charge in [-0.05, 0) is 36.4 Å². The molecule has 20 heavy (non-hydrogen) atoms. The molecule has 4 heteroatoms. The number of halogens is 1. The average molecular weight is 332 g/mol. The molecule has 0 aliphatic heterocycles. The fourth-order valence-electron chi connectivity index (χ4n) is 1.96. The minimum atomic E-state index is 0.678. The quantitative estimate of drug-likeness (QED) is 0.742. The Balaban J connectivity index is 1.60. The molecule has 0 radical (unpaired) electrons. The van der Waals surface area contributed by atoms with E-state index in [4.69, 9.17) is 8.83 Å². The Morgan fingerprint density at radius 3 is 2.45 bits per heavy atom. The second-order valence-corrected chi connectivity index (χ2v) is 5.37. The van der Waals surface area contributed by atoms with E-state index in [1.54, 1.807) is 6.26 Å². The maximum atomic E-state index is 5.82. The predicted octanol–water partition coefficient (Wildman–Crippen LogP) is 4.59. The van der Waals surface area contributed by atoms with Crippen molar-refractivity contribution in [2.45, 2.75) is 13.1 Å². The van der Waals surface area contributed by atoms with Crippen molar-refractivity contribution in [2.24, 2.45) is 0 Å². The smallest absolute Gasteiger partial charge is 0.134 e. The van der Waals surface area contributed by atoms with Gasteiger partial charge in [-0.15, -0.1) is 0 Å². The lowest BCUT2D eigenvalue weighted by molar-refractivity contribution is 0.455. The van der Waals surface area contributed by atoms with Gasteiger partial charge in [0.05, 0.1) is 19.4 Å². The molecular weight excluding hydrogens is 318 g/mol. The second-order valence-electron chi connectivity index (χ2n) is 4.46. The van der Waals surface area contributed by atoms with E-state index in [2.05, 4.69) is 21.2 Å². The van der Waals surface area contributed by atoms with Crippen LogP contribution in [0.5, 0.6) is 0 Å².